The average molecular weight is 241 g/mol. The van der Waals surface area contributed by atoms with Gasteiger partial charge in [0.05, 0.1) is 24.8 Å². The molecule has 0 saturated carbocycles. The monoisotopic (exact) mass is 241 g/mol. The number of ether oxygens (including phenoxy) is 1. The van der Waals surface area contributed by atoms with E-state index in [0.717, 1.165) is 6.54 Å². The molecule has 0 bridgehead atoms. The molecule has 1 N–H and O–H groups in total. The maximum absolute atomic E-state index is 10.7. The van der Waals surface area contributed by atoms with Gasteiger partial charge in [-0.05, 0) is 27.0 Å². The van der Waals surface area contributed by atoms with Crippen molar-refractivity contribution in [3.63, 3.8) is 0 Å². The second-order valence-electron chi connectivity index (χ2n) is 4.26. The molecule has 0 spiro atoms. The molecule has 0 fully saturated rings. The second-order valence-corrected chi connectivity index (χ2v) is 4.26. The molecule has 5 nitrogen and oxygen atoms in total. The highest BCUT2D eigenvalue weighted by Gasteiger charge is 2.09. The Labute approximate surface area is 101 Å². The first-order valence-electron chi connectivity index (χ1n) is 5.60. The molecule has 0 aliphatic heterocycles. The molecule has 1 aromatic heterocycles. The van der Waals surface area contributed by atoms with Crippen molar-refractivity contribution in [3.05, 3.63) is 23.7 Å². The number of rotatable bonds is 7. The Morgan fingerprint density at radius 1 is 1.59 bits per heavy atom. The minimum atomic E-state index is -0.967. The molecular weight excluding hydrogens is 222 g/mol. The van der Waals surface area contributed by atoms with Crippen LogP contribution < -0.4 is 0 Å². The fraction of sp³-hybridized carbons (Fsp3) is 0.583. The van der Waals surface area contributed by atoms with Crippen LogP contribution in [-0.4, -0.2) is 42.3 Å². The molecule has 0 aliphatic rings. The van der Waals surface area contributed by atoms with Crippen molar-refractivity contribution in [2.75, 3.05) is 20.2 Å². The standard InChI is InChI=1S/C12H19NO4/c1-9(2)16-5-4-13(3)7-11-6-10(8-17-11)12(14)15/h6,8-9H,4-5,7H2,1-3H3,(H,14,15). The van der Waals surface area contributed by atoms with E-state index in [-0.39, 0.29) is 11.7 Å². The van der Waals surface area contributed by atoms with E-state index < -0.39 is 5.97 Å². The molecular formula is C12H19NO4. The van der Waals surface area contributed by atoms with Crippen molar-refractivity contribution < 1.29 is 19.1 Å². The summed E-state index contributed by atoms with van der Waals surface area (Å²) in [5.74, 6) is -0.319. The van der Waals surface area contributed by atoms with Crippen molar-refractivity contribution in [2.24, 2.45) is 0 Å². The molecule has 5 heteroatoms. The van der Waals surface area contributed by atoms with Gasteiger partial charge >= 0.3 is 5.97 Å². The van der Waals surface area contributed by atoms with Gasteiger partial charge in [0.25, 0.3) is 0 Å². The van der Waals surface area contributed by atoms with Gasteiger partial charge in [0, 0.05) is 6.54 Å². The van der Waals surface area contributed by atoms with E-state index in [2.05, 4.69) is 0 Å². The zero-order chi connectivity index (χ0) is 12.8. The van der Waals surface area contributed by atoms with Crippen LogP contribution in [-0.2, 0) is 11.3 Å². The Hall–Kier alpha value is -1.33. The summed E-state index contributed by atoms with van der Waals surface area (Å²) in [5, 5.41) is 8.74. The number of nitrogens with zero attached hydrogens (tertiary/aromatic N) is 1. The van der Waals surface area contributed by atoms with Gasteiger partial charge in [0.1, 0.15) is 12.0 Å². The Morgan fingerprint density at radius 2 is 2.29 bits per heavy atom. The number of furan rings is 1. The molecule has 0 radical (unpaired) electrons. The lowest BCUT2D eigenvalue weighted by atomic mass is 10.3. The normalized spacial score (nSPS) is 11.4. The largest absolute Gasteiger partial charge is 0.478 e. The first kappa shape index (κ1) is 13.7. The van der Waals surface area contributed by atoms with Crippen molar-refractivity contribution in [1.29, 1.82) is 0 Å². The lowest BCUT2D eigenvalue weighted by molar-refractivity contribution is 0.0616. The van der Waals surface area contributed by atoms with Crippen LogP contribution in [0.25, 0.3) is 0 Å². The van der Waals surface area contributed by atoms with E-state index in [4.69, 9.17) is 14.3 Å². The highest BCUT2D eigenvalue weighted by molar-refractivity contribution is 5.87. The van der Waals surface area contributed by atoms with Crippen LogP contribution in [0.1, 0.15) is 30.0 Å². The van der Waals surface area contributed by atoms with Gasteiger partial charge in [-0.3, -0.25) is 4.90 Å². The van der Waals surface area contributed by atoms with Gasteiger partial charge in [-0.15, -0.1) is 0 Å². The van der Waals surface area contributed by atoms with Gasteiger partial charge < -0.3 is 14.3 Å². The first-order valence-corrected chi connectivity index (χ1v) is 5.60. The molecule has 1 aromatic rings. The van der Waals surface area contributed by atoms with Crippen LogP contribution in [0, 0.1) is 0 Å². The molecule has 0 atom stereocenters. The zero-order valence-electron chi connectivity index (χ0n) is 10.5. The lowest BCUT2D eigenvalue weighted by Crippen LogP contribution is -2.23. The molecule has 0 amide bonds. The van der Waals surface area contributed by atoms with Crippen LogP contribution in [0.5, 0.6) is 0 Å². The van der Waals surface area contributed by atoms with Crippen molar-refractivity contribution in [3.8, 4) is 0 Å². The van der Waals surface area contributed by atoms with Gasteiger partial charge in [0.2, 0.25) is 0 Å². The minimum Gasteiger partial charge on any atom is -0.478 e. The third-order valence-electron chi connectivity index (χ3n) is 2.25. The van der Waals surface area contributed by atoms with Gasteiger partial charge in [0.15, 0.2) is 0 Å². The van der Waals surface area contributed by atoms with E-state index in [9.17, 15) is 4.79 Å². The molecule has 0 saturated heterocycles. The zero-order valence-corrected chi connectivity index (χ0v) is 10.5. The number of carbonyl (C=O) groups is 1. The number of carboxylic acids is 1. The highest BCUT2D eigenvalue weighted by atomic mass is 16.5. The Balaban J connectivity index is 2.34. The van der Waals surface area contributed by atoms with Crippen molar-refractivity contribution in [2.45, 2.75) is 26.5 Å². The van der Waals surface area contributed by atoms with Crippen molar-refractivity contribution >= 4 is 5.97 Å². The first-order chi connectivity index (χ1) is 7.99. The van der Waals surface area contributed by atoms with Crippen LogP contribution in [0.15, 0.2) is 16.7 Å². The Kier molecular flexibility index (Phi) is 5.18. The molecule has 1 rings (SSSR count). The van der Waals surface area contributed by atoms with Gasteiger partial charge in [-0.1, -0.05) is 0 Å². The van der Waals surface area contributed by atoms with E-state index in [1.165, 1.54) is 6.26 Å². The summed E-state index contributed by atoms with van der Waals surface area (Å²) in [5.41, 5.74) is 0.187. The summed E-state index contributed by atoms with van der Waals surface area (Å²) in [6, 6.07) is 1.54. The maximum Gasteiger partial charge on any atom is 0.338 e. The number of likely N-dealkylation sites (N-methyl/N-ethyl adjacent to an activating group) is 1. The van der Waals surface area contributed by atoms with Crippen molar-refractivity contribution in [1.82, 2.24) is 4.90 Å². The van der Waals surface area contributed by atoms with E-state index in [0.29, 0.717) is 18.9 Å². The summed E-state index contributed by atoms with van der Waals surface area (Å²) in [6.45, 7) is 5.99. The topological polar surface area (TPSA) is 62.9 Å². The summed E-state index contributed by atoms with van der Waals surface area (Å²) < 4.78 is 10.6. The Morgan fingerprint density at radius 3 is 2.82 bits per heavy atom. The smallest absolute Gasteiger partial charge is 0.338 e. The molecule has 17 heavy (non-hydrogen) atoms. The minimum absolute atomic E-state index is 0.187. The van der Waals surface area contributed by atoms with Crippen LogP contribution in [0.4, 0.5) is 0 Å². The summed E-state index contributed by atoms with van der Waals surface area (Å²) in [4.78, 5) is 12.7. The van der Waals surface area contributed by atoms with Crippen LogP contribution in [0.3, 0.4) is 0 Å². The summed E-state index contributed by atoms with van der Waals surface area (Å²) in [6.07, 6.45) is 1.49. The second kappa shape index (κ2) is 6.42. The fourth-order valence-electron chi connectivity index (χ4n) is 1.37. The maximum atomic E-state index is 10.7. The third kappa shape index (κ3) is 5.01. The molecule has 96 valence electrons. The molecule has 0 unspecified atom stereocenters. The van der Waals surface area contributed by atoms with Crippen LogP contribution >= 0.6 is 0 Å². The number of carboxylic acid groups (broad SMARTS) is 1. The van der Waals surface area contributed by atoms with E-state index >= 15 is 0 Å². The molecule has 0 aromatic carbocycles. The Bertz CT molecular complexity index is 359. The lowest BCUT2D eigenvalue weighted by Gasteiger charge is -2.16. The van der Waals surface area contributed by atoms with Crippen LogP contribution in [0.2, 0.25) is 0 Å². The average Bonchev–Trinajstić information content (AvgIpc) is 2.65. The van der Waals surface area contributed by atoms with E-state index in [1.807, 2.05) is 25.8 Å². The SMILES string of the molecule is CC(C)OCCN(C)Cc1cc(C(=O)O)co1. The van der Waals surface area contributed by atoms with Gasteiger partial charge in [-0.25, -0.2) is 4.79 Å². The number of hydrogen-bond donors (Lipinski definition) is 1. The molecule has 1 heterocycles. The summed E-state index contributed by atoms with van der Waals surface area (Å²) in [7, 11) is 1.94. The predicted octanol–water partition coefficient (Wildman–Crippen LogP) is 1.83. The number of aromatic carboxylic acids is 1. The number of hydrogen-bond acceptors (Lipinski definition) is 4. The quantitative estimate of drug-likeness (QED) is 0.789. The van der Waals surface area contributed by atoms with Gasteiger partial charge in [-0.2, -0.15) is 0 Å². The summed E-state index contributed by atoms with van der Waals surface area (Å²) >= 11 is 0. The van der Waals surface area contributed by atoms with E-state index in [1.54, 1.807) is 6.07 Å². The highest BCUT2D eigenvalue weighted by Crippen LogP contribution is 2.09. The fourth-order valence-corrected chi connectivity index (χ4v) is 1.37. The third-order valence-corrected chi connectivity index (χ3v) is 2.25. The molecule has 0 aliphatic carbocycles. The predicted molar refractivity (Wildman–Crippen MR) is 63.1 cm³/mol.